The lowest BCUT2D eigenvalue weighted by atomic mass is 9.96. The van der Waals surface area contributed by atoms with Gasteiger partial charge in [-0.15, -0.1) is 0 Å². The van der Waals surface area contributed by atoms with Gasteiger partial charge in [0.1, 0.15) is 0 Å². The van der Waals surface area contributed by atoms with Crippen LogP contribution in [0.4, 0.5) is 10.2 Å². The molecule has 1 aliphatic carbocycles. The molecule has 0 radical (unpaired) electrons. The fourth-order valence-electron chi connectivity index (χ4n) is 4.61. The van der Waals surface area contributed by atoms with Crippen molar-refractivity contribution in [3.05, 3.63) is 36.2 Å². The van der Waals surface area contributed by atoms with E-state index in [1.807, 2.05) is 4.90 Å². The van der Waals surface area contributed by atoms with Crippen molar-refractivity contribution >= 4 is 34.4 Å². The fraction of sp³-hybridized carbons (Fsp3) is 0.455. The number of anilines is 1. The van der Waals surface area contributed by atoms with E-state index in [9.17, 15) is 14.0 Å². The molecule has 2 aromatic rings. The van der Waals surface area contributed by atoms with Gasteiger partial charge in [0.05, 0.1) is 28.7 Å². The summed E-state index contributed by atoms with van der Waals surface area (Å²) >= 11 is 0. The van der Waals surface area contributed by atoms with Crippen LogP contribution >= 0.6 is 0 Å². The highest BCUT2D eigenvalue weighted by atomic mass is 19.1. The predicted octanol–water partition coefficient (Wildman–Crippen LogP) is 0.291. The van der Waals surface area contributed by atoms with E-state index in [0.717, 1.165) is 36.9 Å². The molecule has 1 amide bonds. The molecular weight excluding hydrogens is 455 g/mol. The summed E-state index contributed by atoms with van der Waals surface area (Å²) in [7, 11) is 0. The Labute approximate surface area is 201 Å². The molecule has 0 atom stereocenters. The average molecular weight is 487 g/mol. The van der Waals surface area contributed by atoms with Gasteiger partial charge in [-0.25, -0.2) is 26.1 Å². The molecular formula is C22H31FN10O2. The number of nitrogens with one attached hydrogen (secondary N) is 2. The number of aromatic amines is 1. The predicted molar refractivity (Wildman–Crippen MR) is 130 cm³/mol. The van der Waals surface area contributed by atoms with Crippen LogP contribution in [0.3, 0.4) is 0 Å². The minimum Gasteiger partial charge on any atom is -0.403 e. The fourth-order valence-corrected chi connectivity index (χ4v) is 4.61. The third-order valence-electron chi connectivity index (χ3n) is 6.45. The Morgan fingerprint density at radius 3 is 2.54 bits per heavy atom. The molecule has 0 spiro atoms. The number of carbonyl (C=O) groups excluding carboxylic acids is 2. The molecule has 35 heavy (non-hydrogen) atoms. The second kappa shape index (κ2) is 10.7. The van der Waals surface area contributed by atoms with Crippen molar-refractivity contribution in [2.75, 3.05) is 31.2 Å². The third-order valence-corrected chi connectivity index (χ3v) is 6.45. The van der Waals surface area contributed by atoms with Gasteiger partial charge in [0, 0.05) is 44.8 Å². The van der Waals surface area contributed by atoms with Crippen LogP contribution in [0.5, 0.6) is 0 Å². The van der Waals surface area contributed by atoms with Gasteiger partial charge >= 0.3 is 0 Å². The van der Waals surface area contributed by atoms with Gasteiger partial charge in [0.15, 0.2) is 11.6 Å². The van der Waals surface area contributed by atoms with Crippen molar-refractivity contribution < 1.29 is 14.0 Å². The van der Waals surface area contributed by atoms with Crippen LogP contribution in [-0.4, -0.2) is 69.6 Å². The molecule has 1 saturated carbocycles. The second-order valence-electron chi connectivity index (χ2n) is 8.63. The highest BCUT2D eigenvalue weighted by molar-refractivity contribution is 6.45. The number of nitrogens with zero attached hydrogens (tertiary/aromatic N) is 5. The summed E-state index contributed by atoms with van der Waals surface area (Å²) in [6, 6.07) is 0.247. The maximum atomic E-state index is 14.6. The van der Waals surface area contributed by atoms with E-state index < -0.39 is 17.5 Å². The molecule has 0 unspecified atom stereocenters. The molecule has 2 aromatic heterocycles. The molecule has 188 valence electrons. The van der Waals surface area contributed by atoms with Gasteiger partial charge < -0.3 is 20.5 Å². The lowest BCUT2D eigenvalue weighted by Crippen LogP contribution is -2.56. The number of nitrogens with two attached hydrogens (primary N) is 3. The number of pyridine rings is 1. The smallest absolute Gasteiger partial charge is 0.295 e. The van der Waals surface area contributed by atoms with Crippen molar-refractivity contribution in [2.24, 2.45) is 22.4 Å². The van der Waals surface area contributed by atoms with Crippen molar-refractivity contribution in [1.82, 2.24) is 25.2 Å². The second-order valence-corrected chi connectivity index (χ2v) is 8.63. The van der Waals surface area contributed by atoms with Crippen LogP contribution in [0, 0.1) is 5.82 Å². The Balaban J connectivity index is 1.47. The first-order valence-electron chi connectivity index (χ1n) is 11.7. The third kappa shape index (κ3) is 5.05. The Hall–Kier alpha value is -3.71. The summed E-state index contributed by atoms with van der Waals surface area (Å²) in [4.78, 5) is 41.0. The number of piperazine rings is 1. The maximum Gasteiger partial charge on any atom is 0.295 e. The van der Waals surface area contributed by atoms with Gasteiger partial charge in [-0.1, -0.05) is 19.3 Å². The van der Waals surface area contributed by atoms with Gasteiger partial charge in [-0.2, -0.15) is 0 Å². The zero-order chi connectivity index (χ0) is 24.9. The largest absolute Gasteiger partial charge is 0.403 e. The van der Waals surface area contributed by atoms with E-state index >= 15 is 0 Å². The number of carbonyl (C=O) groups is 2. The lowest BCUT2D eigenvalue weighted by Gasteiger charge is -2.36. The maximum absolute atomic E-state index is 14.6. The van der Waals surface area contributed by atoms with Gasteiger partial charge in [-0.05, 0) is 12.8 Å². The Morgan fingerprint density at radius 1 is 1.20 bits per heavy atom. The molecule has 3 heterocycles. The molecule has 13 heteroatoms. The molecule has 8 N–H and O–H groups in total. The lowest BCUT2D eigenvalue weighted by molar-refractivity contribution is -0.127. The van der Waals surface area contributed by atoms with E-state index in [1.54, 1.807) is 0 Å². The SMILES string of the molecule is N/C=C\N(N)c1ncc(F)c2c(C(=O)C(=O)N3CCN(C(=NC4CCCCC4)NN)CC3)c[nH]c12. The number of aromatic nitrogens is 2. The monoisotopic (exact) mass is 486 g/mol. The molecule has 12 nitrogen and oxygen atoms in total. The molecule has 2 aliphatic rings. The first-order chi connectivity index (χ1) is 16.9. The van der Waals surface area contributed by atoms with Crippen LogP contribution in [0.15, 0.2) is 29.8 Å². The number of aliphatic imine (C=N–C) groups is 1. The van der Waals surface area contributed by atoms with Crippen LogP contribution in [0.25, 0.3) is 10.9 Å². The van der Waals surface area contributed by atoms with Gasteiger partial charge in [0.25, 0.3) is 11.7 Å². The zero-order valence-corrected chi connectivity index (χ0v) is 19.4. The highest BCUT2D eigenvalue weighted by Crippen LogP contribution is 2.28. The molecule has 0 bridgehead atoms. The summed E-state index contributed by atoms with van der Waals surface area (Å²) < 4.78 is 14.6. The number of halogens is 1. The minimum absolute atomic E-state index is 0.0536. The first kappa shape index (κ1) is 24.4. The van der Waals surface area contributed by atoms with E-state index in [-0.39, 0.29) is 28.3 Å². The van der Waals surface area contributed by atoms with Crippen molar-refractivity contribution in [2.45, 2.75) is 38.1 Å². The van der Waals surface area contributed by atoms with Crippen molar-refractivity contribution in [3.8, 4) is 0 Å². The Kier molecular flexibility index (Phi) is 7.46. The number of Topliss-reactive ketones (excluding diaryl/α,β-unsaturated/α-hetero) is 1. The Morgan fingerprint density at radius 2 is 1.89 bits per heavy atom. The number of hydrogen-bond donors (Lipinski definition) is 5. The standard InChI is InChI=1S/C22H31FN10O2/c23-16-13-28-20(33(26)7-6-24)18-17(16)15(12-27-18)19(34)21(35)31-8-10-32(11-9-31)22(30-25)29-14-4-2-1-3-5-14/h6-7,12-14,27H,1-5,8-11,24-26H2,(H,29,30)/b7-6-. The zero-order valence-electron chi connectivity index (χ0n) is 19.4. The topological polar surface area (TPSA) is 175 Å². The number of amides is 1. The van der Waals surface area contributed by atoms with Gasteiger partial charge in [0.2, 0.25) is 5.96 Å². The van der Waals surface area contributed by atoms with Crippen LogP contribution in [0.1, 0.15) is 42.5 Å². The number of H-pyrrole nitrogens is 1. The van der Waals surface area contributed by atoms with Crippen LogP contribution < -0.4 is 27.9 Å². The normalized spacial score (nSPS) is 17.9. The first-order valence-corrected chi connectivity index (χ1v) is 11.7. The molecule has 2 fully saturated rings. The van der Waals surface area contributed by atoms with E-state index in [1.165, 1.54) is 29.9 Å². The average Bonchev–Trinajstić information content (AvgIpc) is 3.33. The summed E-state index contributed by atoms with van der Waals surface area (Å²) in [6.07, 6.45) is 10.4. The highest BCUT2D eigenvalue weighted by Gasteiger charge is 2.31. The van der Waals surface area contributed by atoms with E-state index in [0.29, 0.717) is 32.1 Å². The molecule has 4 rings (SSSR count). The van der Waals surface area contributed by atoms with E-state index in [4.69, 9.17) is 22.4 Å². The number of guanidine groups is 1. The number of ketones is 1. The van der Waals surface area contributed by atoms with Crippen molar-refractivity contribution in [3.63, 3.8) is 0 Å². The number of hydrazine groups is 2. The number of fused-ring (bicyclic) bond motifs is 1. The summed E-state index contributed by atoms with van der Waals surface area (Å²) in [5, 5.41) is 1.04. The molecule has 1 aliphatic heterocycles. The van der Waals surface area contributed by atoms with Crippen LogP contribution in [-0.2, 0) is 4.79 Å². The van der Waals surface area contributed by atoms with Crippen LogP contribution in [0.2, 0.25) is 0 Å². The summed E-state index contributed by atoms with van der Waals surface area (Å²) in [5.74, 6) is 10.1. The van der Waals surface area contributed by atoms with E-state index in [2.05, 4.69) is 15.4 Å². The summed E-state index contributed by atoms with van der Waals surface area (Å²) in [5.41, 5.74) is 8.15. The quantitative estimate of drug-likeness (QED) is 0.0993. The van der Waals surface area contributed by atoms with Crippen molar-refractivity contribution in [1.29, 1.82) is 0 Å². The molecule has 1 saturated heterocycles. The molecule has 0 aromatic carbocycles. The minimum atomic E-state index is -0.813. The van der Waals surface area contributed by atoms with Gasteiger partial charge in [-0.3, -0.25) is 20.0 Å². The Bertz CT molecular complexity index is 1130. The number of hydrogen-bond acceptors (Lipinski definition) is 8. The number of rotatable bonds is 5. The summed E-state index contributed by atoms with van der Waals surface area (Å²) in [6.45, 7) is 1.56.